The molecule has 0 aliphatic carbocycles. The maximum atomic E-state index is 13.5. The van der Waals surface area contributed by atoms with E-state index in [0.29, 0.717) is 12.1 Å². The SMILES string of the molecule is O=C(O)c1cc(NC(=O)c2ccoc2Cl)c(F)cc1F. The third-order valence-corrected chi connectivity index (χ3v) is 2.69. The van der Waals surface area contributed by atoms with Gasteiger partial charge in [0.05, 0.1) is 23.1 Å². The Labute approximate surface area is 115 Å². The van der Waals surface area contributed by atoms with E-state index in [4.69, 9.17) is 21.1 Å². The van der Waals surface area contributed by atoms with Crippen molar-refractivity contribution in [1.29, 1.82) is 0 Å². The number of hydrogen-bond acceptors (Lipinski definition) is 3. The van der Waals surface area contributed by atoms with E-state index in [0.717, 1.165) is 6.26 Å². The van der Waals surface area contributed by atoms with Crippen molar-refractivity contribution in [2.45, 2.75) is 0 Å². The fourth-order valence-electron chi connectivity index (χ4n) is 1.45. The molecule has 0 unspecified atom stereocenters. The number of rotatable bonds is 3. The van der Waals surface area contributed by atoms with Crippen molar-refractivity contribution in [3.05, 3.63) is 52.4 Å². The first-order chi connectivity index (χ1) is 9.40. The summed E-state index contributed by atoms with van der Waals surface area (Å²) in [5.41, 5.74) is -1.31. The highest BCUT2D eigenvalue weighted by Gasteiger charge is 2.19. The first-order valence-corrected chi connectivity index (χ1v) is 5.54. The molecule has 8 heteroatoms. The van der Waals surface area contributed by atoms with Crippen LogP contribution in [0.4, 0.5) is 14.5 Å². The molecule has 104 valence electrons. The Balaban J connectivity index is 2.34. The van der Waals surface area contributed by atoms with Crippen LogP contribution in [0.5, 0.6) is 0 Å². The fourth-order valence-corrected chi connectivity index (χ4v) is 1.65. The number of anilines is 1. The highest BCUT2D eigenvalue weighted by atomic mass is 35.5. The maximum Gasteiger partial charge on any atom is 0.338 e. The topological polar surface area (TPSA) is 79.5 Å². The number of carbonyl (C=O) groups excluding carboxylic acids is 1. The number of aromatic carboxylic acids is 1. The number of amides is 1. The van der Waals surface area contributed by atoms with E-state index < -0.39 is 34.8 Å². The lowest BCUT2D eigenvalue weighted by molar-refractivity contribution is 0.0691. The van der Waals surface area contributed by atoms with E-state index in [1.807, 2.05) is 0 Å². The quantitative estimate of drug-likeness (QED) is 0.912. The second-order valence-corrected chi connectivity index (χ2v) is 4.02. The molecule has 1 aromatic carbocycles. The van der Waals surface area contributed by atoms with Crippen molar-refractivity contribution in [3.8, 4) is 0 Å². The third-order valence-electron chi connectivity index (χ3n) is 2.40. The second kappa shape index (κ2) is 5.30. The molecule has 0 aliphatic rings. The predicted molar refractivity (Wildman–Crippen MR) is 65.0 cm³/mol. The maximum absolute atomic E-state index is 13.5. The van der Waals surface area contributed by atoms with Crippen molar-refractivity contribution in [1.82, 2.24) is 0 Å². The summed E-state index contributed by atoms with van der Waals surface area (Å²) in [7, 11) is 0. The molecule has 1 aromatic heterocycles. The van der Waals surface area contributed by atoms with Crippen molar-refractivity contribution in [3.63, 3.8) is 0 Å². The number of benzene rings is 1. The minimum absolute atomic E-state index is 0.0627. The smallest absolute Gasteiger partial charge is 0.338 e. The van der Waals surface area contributed by atoms with Gasteiger partial charge in [-0.3, -0.25) is 4.79 Å². The number of carboxylic acids is 1. The highest BCUT2D eigenvalue weighted by molar-refractivity contribution is 6.32. The molecule has 5 nitrogen and oxygen atoms in total. The van der Waals surface area contributed by atoms with Gasteiger partial charge in [0.2, 0.25) is 5.22 Å². The van der Waals surface area contributed by atoms with Gasteiger partial charge in [0.15, 0.2) is 0 Å². The van der Waals surface area contributed by atoms with Gasteiger partial charge >= 0.3 is 5.97 Å². The summed E-state index contributed by atoms with van der Waals surface area (Å²) >= 11 is 5.57. The molecular weight excluding hydrogens is 296 g/mol. The van der Waals surface area contributed by atoms with Crippen LogP contribution in [-0.2, 0) is 0 Å². The zero-order valence-corrected chi connectivity index (χ0v) is 10.4. The second-order valence-electron chi connectivity index (χ2n) is 3.68. The standard InChI is InChI=1S/C12H6ClF2NO4/c13-10-5(1-2-20-10)11(17)16-9-3-6(12(18)19)7(14)4-8(9)15/h1-4H,(H,16,17)(H,18,19). The molecule has 0 atom stereocenters. The normalized spacial score (nSPS) is 10.3. The molecule has 1 heterocycles. The van der Waals surface area contributed by atoms with Crippen LogP contribution in [0.3, 0.4) is 0 Å². The van der Waals surface area contributed by atoms with Gasteiger partial charge < -0.3 is 14.8 Å². The van der Waals surface area contributed by atoms with Gasteiger partial charge in [-0.15, -0.1) is 0 Å². The number of nitrogens with one attached hydrogen (secondary N) is 1. The number of hydrogen-bond donors (Lipinski definition) is 2. The predicted octanol–water partition coefficient (Wildman–Crippen LogP) is 3.16. The Morgan fingerprint density at radius 1 is 1.20 bits per heavy atom. The summed E-state index contributed by atoms with van der Waals surface area (Å²) in [5.74, 6) is -4.75. The van der Waals surface area contributed by atoms with E-state index in [9.17, 15) is 18.4 Å². The molecule has 0 saturated carbocycles. The Morgan fingerprint density at radius 3 is 2.45 bits per heavy atom. The molecule has 2 rings (SSSR count). The Morgan fingerprint density at radius 2 is 1.90 bits per heavy atom. The van der Waals surface area contributed by atoms with Crippen LogP contribution < -0.4 is 5.32 Å². The lowest BCUT2D eigenvalue weighted by atomic mass is 10.1. The number of carbonyl (C=O) groups is 2. The van der Waals surface area contributed by atoms with Crippen LogP contribution in [0.1, 0.15) is 20.7 Å². The summed E-state index contributed by atoms with van der Waals surface area (Å²) in [6, 6.07) is 2.30. The summed E-state index contributed by atoms with van der Waals surface area (Å²) in [6.07, 6.45) is 1.15. The Kier molecular flexibility index (Phi) is 3.71. The monoisotopic (exact) mass is 301 g/mol. The molecule has 0 aliphatic heterocycles. The highest BCUT2D eigenvalue weighted by Crippen LogP contribution is 2.22. The van der Waals surface area contributed by atoms with Gasteiger partial charge in [-0.25, -0.2) is 13.6 Å². The van der Waals surface area contributed by atoms with Crippen LogP contribution in [0, 0.1) is 11.6 Å². The fraction of sp³-hybridized carbons (Fsp3) is 0. The number of furan rings is 1. The molecule has 0 saturated heterocycles. The lowest BCUT2D eigenvalue weighted by Gasteiger charge is -2.07. The van der Waals surface area contributed by atoms with Gasteiger partial charge in [-0.1, -0.05) is 0 Å². The molecule has 0 fully saturated rings. The van der Waals surface area contributed by atoms with Gasteiger partial charge in [0.25, 0.3) is 5.91 Å². The van der Waals surface area contributed by atoms with Crippen LogP contribution in [0.2, 0.25) is 5.22 Å². The molecule has 20 heavy (non-hydrogen) atoms. The zero-order chi connectivity index (χ0) is 14.9. The molecule has 2 N–H and O–H groups in total. The summed E-state index contributed by atoms with van der Waals surface area (Å²) in [4.78, 5) is 22.5. The molecule has 0 spiro atoms. The lowest BCUT2D eigenvalue weighted by Crippen LogP contribution is -2.14. The first-order valence-electron chi connectivity index (χ1n) is 5.17. The van der Waals surface area contributed by atoms with Gasteiger partial charge in [0, 0.05) is 6.07 Å². The van der Waals surface area contributed by atoms with Crippen molar-refractivity contribution >= 4 is 29.2 Å². The van der Waals surface area contributed by atoms with E-state index in [2.05, 4.69) is 5.32 Å². The van der Waals surface area contributed by atoms with Gasteiger partial charge in [0.1, 0.15) is 11.6 Å². The van der Waals surface area contributed by atoms with E-state index in [-0.39, 0.29) is 10.8 Å². The van der Waals surface area contributed by atoms with E-state index in [1.165, 1.54) is 6.07 Å². The largest absolute Gasteiger partial charge is 0.478 e. The Bertz CT molecular complexity index is 699. The van der Waals surface area contributed by atoms with E-state index in [1.54, 1.807) is 0 Å². The first kappa shape index (κ1) is 14.0. The minimum atomic E-state index is -1.58. The number of carboxylic acid groups (broad SMARTS) is 1. The Hall–Kier alpha value is -2.41. The average Bonchev–Trinajstić information content (AvgIpc) is 2.78. The summed E-state index contributed by atoms with van der Waals surface area (Å²) in [6.45, 7) is 0. The molecular formula is C12H6ClF2NO4. The molecule has 2 aromatic rings. The van der Waals surface area contributed by atoms with Crippen LogP contribution in [-0.4, -0.2) is 17.0 Å². The molecule has 0 radical (unpaired) electrons. The van der Waals surface area contributed by atoms with E-state index >= 15 is 0 Å². The number of halogens is 3. The van der Waals surface area contributed by atoms with Crippen molar-refractivity contribution in [2.75, 3.05) is 5.32 Å². The average molecular weight is 302 g/mol. The summed E-state index contributed by atoms with van der Waals surface area (Å²) in [5, 5.41) is 10.6. The zero-order valence-electron chi connectivity index (χ0n) is 9.62. The van der Waals surface area contributed by atoms with Crippen LogP contribution in [0.25, 0.3) is 0 Å². The van der Waals surface area contributed by atoms with Crippen molar-refractivity contribution in [2.24, 2.45) is 0 Å². The van der Waals surface area contributed by atoms with Crippen LogP contribution in [0.15, 0.2) is 28.9 Å². The van der Waals surface area contributed by atoms with Crippen molar-refractivity contribution < 1.29 is 27.9 Å². The van der Waals surface area contributed by atoms with Gasteiger partial charge in [-0.05, 0) is 23.7 Å². The molecule has 0 bridgehead atoms. The summed E-state index contributed by atoms with van der Waals surface area (Å²) < 4.78 is 31.4. The molecule has 1 amide bonds. The third kappa shape index (κ3) is 2.62. The van der Waals surface area contributed by atoms with Crippen LogP contribution >= 0.6 is 11.6 Å². The van der Waals surface area contributed by atoms with Gasteiger partial charge in [-0.2, -0.15) is 0 Å². The minimum Gasteiger partial charge on any atom is -0.478 e.